The smallest absolute Gasteiger partial charge is 0.270 e. The van der Waals surface area contributed by atoms with Crippen LogP contribution in [0, 0.1) is 0 Å². The molecule has 0 fully saturated rings. The third-order valence-corrected chi connectivity index (χ3v) is 3.65. The molecule has 0 saturated heterocycles. The van der Waals surface area contributed by atoms with Crippen LogP contribution in [0.2, 0.25) is 0 Å². The first kappa shape index (κ1) is 12.0. The zero-order valence-corrected chi connectivity index (χ0v) is 11.1. The Balaban J connectivity index is 2.33. The highest BCUT2D eigenvalue weighted by Crippen LogP contribution is 2.29. The van der Waals surface area contributed by atoms with E-state index in [-0.39, 0.29) is 5.91 Å². The van der Waals surface area contributed by atoms with E-state index in [9.17, 15) is 9.59 Å². The van der Waals surface area contributed by atoms with Crippen LogP contribution >= 0.6 is 15.9 Å². The first-order chi connectivity index (χ1) is 7.94. The highest BCUT2D eigenvalue weighted by Gasteiger charge is 2.45. The Morgan fingerprint density at radius 1 is 1.35 bits per heavy atom. The topological polar surface area (TPSA) is 49.7 Å². The highest BCUT2D eigenvalue weighted by atomic mass is 79.9. The van der Waals surface area contributed by atoms with Crippen LogP contribution in [0.15, 0.2) is 35.4 Å². The number of hydrazone groups is 1. The lowest BCUT2D eigenvalue weighted by atomic mass is 10.1. The summed E-state index contributed by atoms with van der Waals surface area (Å²) < 4.78 is -0.878. The van der Waals surface area contributed by atoms with E-state index in [4.69, 9.17) is 0 Å². The van der Waals surface area contributed by atoms with Crippen molar-refractivity contribution in [1.29, 1.82) is 0 Å². The van der Waals surface area contributed by atoms with Crippen molar-refractivity contribution in [2.45, 2.75) is 18.2 Å². The van der Waals surface area contributed by atoms with Crippen molar-refractivity contribution >= 4 is 33.5 Å². The lowest BCUT2D eigenvalue weighted by molar-refractivity contribution is -0.127. The Morgan fingerprint density at radius 2 is 1.94 bits per heavy atom. The molecule has 0 bridgehead atoms. The highest BCUT2D eigenvalue weighted by molar-refractivity contribution is 9.10. The van der Waals surface area contributed by atoms with E-state index in [1.807, 2.05) is 6.07 Å². The van der Waals surface area contributed by atoms with Gasteiger partial charge in [0.05, 0.1) is 5.71 Å². The van der Waals surface area contributed by atoms with Gasteiger partial charge >= 0.3 is 0 Å². The SMILES string of the molecule is CC1=NN(C(=O)c2ccccc2)C(=O)C1(C)Br. The molecule has 88 valence electrons. The molecule has 0 aliphatic carbocycles. The molecule has 1 aromatic rings. The summed E-state index contributed by atoms with van der Waals surface area (Å²) in [5.74, 6) is -0.762. The number of rotatable bonds is 1. The van der Waals surface area contributed by atoms with Crippen molar-refractivity contribution in [2.24, 2.45) is 5.10 Å². The normalized spacial score (nSPS) is 23.8. The molecule has 5 heteroatoms. The van der Waals surface area contributed by atoms with Crippen molar-refractivity contribution in [3.05, 3.63) is 35.9 Å². The fraction of sp³-hybridized carbons (Fsp3) is 0.250. The summed E-state index contributed by atoms with van der Waals surface area (Å²) in [4.78, 5) is 24.1. The van der Waals surface area contributed by atoms with E-state index in [0.717, 1.165) is 5.01 Å². The van der Waals surface area contributed by atoms with Crippen LogP contribution < -0.4 is 0 Å². The van der Waals surface area contributed by atoms with Gasteiger partial charge in [-0.05, 0) is 26.0 Å². The number of nitrogens with zero attached hydrogens (tertiary/aromatic N) is 2. The van der Waals surface area contributed by atoms with Crippen LogP contribution in [0.5, 0.6) is 0 Å². The quantitative estimate of drug-likeness (QED) is 0.589. The lowest BCUT2D eigenvalue weighted by Crippen LogP contribution is -2.39. The predicted molar refractivity (Wildman–Crippen MR) is 68.1 cm³/mol. The summed E-state index contributed by atoms with van der Waals surface area (Å²) in [6.45, 7) is 3.40. The molecule has 0 N–H and O–H groups in total. The standard InChI is InChI=1S/C12H11BrN2O2/c1-8-12(2,13)11(17)15(14-8)10(16)9-6-4-3-5-7-9/h3-7H,1-2H3. The van der Waals surface area contributed by atoms with Crippen molar-refractivity contribution in [2.75, 3.05) is 0 Å². The molecule has 1 atom stereocenters. The minimum Gasteiger partial charge on any atom is -0.270 e. The fourth-order valence-corrected chi connectivity index (χ4v) is 1.73. The van der Waals surface area contributed by atoms with Gasteiger partial charge in [-0.2, -0.15) is 10.1 Å². The molecule has 4 nitrogen and oxygen atoms in total. The minimum atomic E-state index is -0.878. The van der Waals surface area contributed by atoms with Gasteiger partial charge in [-0.3, -0.25) is 9.59 Å². The number of hydrogen-bond acceptors (Lipinski definition) is 3. The molecule has 0 radical (unpaired) electrons. The third-order valence-electron chi connectivity index (χ3n) is 2.74. The van der Waals surface area contributed by atoms with Crippen LogP contribution in [0.25, 0.3) is 0 Å². The number of benzene rings is 1. The number of amides is 2. The van der Waals surface area contributed by atoms with E-state index < -0.39 is 10.2 Å². The number of carbonyl (C=O) groups is 2. The summed E-state index contributed by atoms with van der Waals surface area (Å²) in [5.41, 5.74) is 1.02. The van der Waals surface area contributed by atoms with Gasteiger partial charge in [0.15, 0.2) is 0 Å². The first-order valence-electron chi connectivity index (χ1n) is 5.13. The molecule has 1 unspecified atom stereocenters. The maximum absolute atomic E-state index is 12.1. The van der Waals surface area contributed by atoms with Crippen molar-refractivity contribution in [1.82, 2.24) is 5.01 Å². The number of carbonyl (C=O) groups excluding carboxylic acids is 2. The predicted octanol–water partition coefficient (Wildman–Crippen LogP) is 2.20. The molecular weight excluding hydrogens is 284 g/mol. The lowest BCUT2D eigenvalue weighted by Gasteiger charge is -2.15. The fourth-order valence-electron chi connectivity index (χ4n) is 1.48. The molecule has 17 heavy (non-hydrogen) atoms. The van der Waals surface area contributed by atoms with Crippen LogP contribution in [0.4, 0.5) is 0 Å². The van der Waals surface area contributed by atoms with Gasteiger partial charge < -0.3 is 0 Å². The van der Waals surface area contributed by atoms with Crippen LogP contribution in [-0.4, -0.2) is 26.9 Å². The first-order valence-corrected chi connectivity index (χ1v) is 5.92. The number of imide groups is 1. The maximum atomic E-state index is 12.1. The van der Waals surface area contributed by atoms with Gasteiger partial charge in [-0.25, -0.2) is 0 Å². The molecule has 1 aliphatic rings. The van der Waals surface area contributed by atoms with E-state index >= 15 is 0 Å². The molecule has 0 aromatic heterocycles. The molecule has 2 amide bonds. The average molecular weight is 295 g/mol. The van der Waals surface area contributed by atoms with Crippen molar-refractivity contribution in [3.8, 4) is 0 Å². The van der Waals surface area contributed by atoms with E-state index in [1.165, 1.54) is 0 Å². The second-order valence-electron chi connectivity index (χ2n) is 3.98. The molecular formula is C12H11BrN2O2. The van der Waals surface area contributed by atoms with Crippen molar-refractivity contribution in [3.63, 3.8) is 0 Å². The summed E-state index contributed by atoms with van der Waals surface area (Å²) in [5, 5.41) is 4.92. The second-order valence-corrected chi connectivity index (χ2v) is 5.56. The zero-order valence-electron chi connectivity index (χ0n) is 9.48. The third kappa shape index (κ3) is 1.91. The van der Waals surface area contributed by atoms with Gasteiger partial charge in [-0.1, -0.05) is 34.1 Å². The van der Waals surface area contributed by atoms with Gasteiger partial charge in [0.1, 0.15) is 4.32 Å². The number of hydrogen-bond donors (Lipinski definition) is 0. The van der Waals surface area contributed by atoms with Gasteiger partial charge in [0.2, 0.25) is 0 Å². The Morgan fingerprint density at radius 3 is 2.41 bits per heavy atom. The average Bonchev–Trinajstić information content (AvgIpc) is 2.53. The summed E-state index contributed by atoms with van der Waals surface area (Å²) in [6, 6.07) is 8.62. The summed E-state index contributed by atoms with van der Waals surface area (Å²) in [6.07, 6.45) is 0. The van der Waals surface area contributed by atoms with Crippen LogP contribution in [-0.2, 0) is 4.79 Å². The van der Waals surface area contributed by atoms with E-state index in [1.54, 1.807) is 38.1 Å². The molecule has 1 heterocycles. The minimum absolute atomic E-state index is 0.358. The Kier molecular flexibility index (Phi) is 2.87. The Hall–Kier alpha value is -1.49. The van der Waals surface area contributed by atoms with Gasteiger partial charge in [-0.15, -0.1) is 0 Å². The van der Waals surface area contributed by atoms with Crippen molar-refractivity contribution < 1.29 is 9.59 Å². The summed E-state index contributed by atoms with van der Waals surface area (Å²) >= 11 is 3.28. The molecule has 2 rings (SSSR count). The van der Waals surface area contributed by atoms with Crippen LogP contribution in [0.1, 0.15) is 24.2 Å². The van der Waals surface area contributed by atoms with E-state index in [2.05, 4.69) is 21.0 Å². The molecule has 1 aliphatic heterocycles. The van der Waals surface area contributed by atoms with Gasteiger partial charge in [0.25, 0.3) is 11.8 Å². The van der Waals surface area contributed by atoms with Crippen LogP contribution in [0.3, 0.4) is 0 Å². The zero-order chi connectivity index (χ0) is 12.6. The molecule has 0 spiro atoms. The largest absolute Gasteiger partial charge is 0.281 e. The maximum Gasteiger partial charge on any atom is 0.281 e. The summed E-state index contributed by atoms with van der Waals surface area (Å²) in [7, 11) is 0. The molecule has 0 saturated carbocycles. The molecule has 1 aromatic carbocycles. The van der Waals surface area contributed by atoms with Gasteiger partial charge in [0, 0.05) is 5.56 Å². The number of halogens is 1. The van der Waals surface area contributed by atoms with E-state index in [0.29, 0.717) is 11.3 Å². The Labute approximate surface area is 107 Å². The monoisotopic (exact) mass is 294 g/mol. The second kappa shape index (κ2) is 4.07. The Bertz CT molecular complexity index is 508. The number of alkyl halides is 1.